The van der Waals surface area contributed by atoms with Gasteiger partial charge in [-0.25, -0.2) is 10.8 Å². The fraction of sp³-hybridized carbons (Fsp3) is 0.625. The van der Waals surface area contributed by atoms with E-state index in [1.165, 1.54) is 19.2 Å². The predicted molar refractivity (Wildman–Crippen MR) is 55.9 cm³/mol. The second-order valence-corrected chi connectivity index (χ2v) is 3.48. The molecule has 1 aliphatic carbocycles. The minimum atomic E-state index is 0.546. The molecular weight excluding hydrogens is 194 g/mol. The molecule has 0 unspecified atom stereocenters. The average Bonchev–Trinajstić information content (AvgIpc) is 2.91. The summed E-state index contributed by atoms with van der Waals surface area (Å²) in [6.07, 6.45) is 4.62. The van der Waals surface area contributed by atoms with Gasteiger partial charge in [0.15, 0.2) is 0 Å². The molecule has 1 fully saturated rings. The molecule has 1 heterocycles. The SMILES string of the molecule is NNC(=NCCc1ncn[nH]1)NC1CC1. The monoisotopic (exact) mass is 209 g/mol. The van der Waals surface area contributed by atoms with Gasteiger partial charge < -0.3 is 5.32 Å². The van der Waals surface area contributed by atoms with Crippen LogP contribution in [-0.2, 0) is 6.42 Å². The van der Waals surface area contributed by atoms with Crippen LogP contribution in [0.4, 0.5) is 0 Å². The largest absolute Gasteiger partial charge is 0.353 e. The number of aromatic nitrogens is 3. The molecule has 0 radical (unpaired) electrons. The molecule has 7 heteroatoms. The van der Waals surface area contributed by atoms with Gasteiger partial charge in [0.2, 0.25) is 5.96 Å². The van der Waals surface area contributed by atoms with Crippen molar-refractivity contribution in [2.24, 2.45) is 10.8 Å². The highest BCUT2D eigenvalue weighted by molar-refractivity contribution is 5.79. The number of aliphatic imine (C=N–C) groups is 1. The Morgan fingerprint density at radius 1 is 1.67 bits per heavy atom. The number of nitrogens with one attached hydrogen (secondary N) is 3. The van der Waals surface area contributed by atoms with Crippen LogP contribution in [-0.4, -0.2) is 33.7 Å². The van der Waals surface area contributed by atoms with Crippen molar-refractivity contribution in [1.82, 2.24) is 25.9 Å². The summed E-state index contributed by atoms with van der Waals surface area (Å²) in [5.74, 6) is 6.81. The Hall–Kier alpha value is -1.63. The van der Waals surface area contributed by atoms with Crippen molar-refractivity contribution in [2.45, 2.75) is 25.3 Å². The van der Waals surface area contributed by atoms with E-state index in [4.69, 9.17) is 5.84 Å². The zero-order valence-corrected chi connectivity index (χ0v) is 8.40. The highest BCUT2D eigenvalue weighted by Crippen LogP contribution is 2.18. The van der Waals surface area contributed by atoms with Crippen molar-refractivity contribution >= 4 is 5.96 Å². The van der Waals surface area contributed by atoms with Gasteiger partial charge in [-0.05, 0) is 12.8 Å². The van der Waals surface area contributed by atoms with Crippen LogP contribution >= 0.6 is 0 Å². The quantitative estimate of drug-likeness (QED) is 0.218. The molecule has 0 amide bonds. The molecule has 0 bridgehead atoms. The van der Waals surface area contributed by atoms with Crippen molar-refractivity contribution in [3.8, 4) is 0 Å². The van der Waals surface area contributed by atoms with Crippen molar-refractivity contribution in [1.29, 1.82) is 0 Å². The minimum absolute atomic E-state index is 0.546. The molecule has 1 aliphatic rings. The lowest BCUT2D eigenvalue weighted by Gasteiger charge is -2.06. The van der Waals surface area contributed by atoms with E-state index in [-0.39, 0.29) is 0 Å². The van der Waals surface area contributed by atoms with Gasteiger partial charge in [-0.1, -0.05) is 0 Å². The summed E-state index contributed by atoms with van der Waals surface area (Å²) >= 11 is 0. The van der Waals surface area contributed by atoms with Gasteiger partial charge in [0.1, 0.15) is 12.2 Å². The zero-order chi connectivity index (χ0) is 10.5. The molecule has 0 spiro atoms. The number of aromatic amines is 1. The van der Waals surface area contributed by atoms with Crippen molar-refractivity contribution in [2.75, 3.05) is 6.54 Å². The van der Waals surface area contributed by atoms with Crippen molar-refractivity contribution in [3.63, 3.8) is 0 Å². The number of hydrogen-bond donors (Lipinski definition) is 4. The highest BCUT2D eigenvalue weighted by atomic mass is 15.3. The van der Waals surface area contributed by atoms with Crippen LogP contribution in [0.2, 0.25) is 0 Å². The van der Waals surface area contributed by atoms with E-state index in [1.54, 1.807) is 0 Å². The Labute approximate surface area is 87.5 Å². The van der Waals surface area contributed by atoms with Gasteiger partial charge >= 0.3 is 0 Å². The van der Waals surface area contributed by atoms with Crippen LogP contribution in [0.15, 0.2) is 11.3 Å². The van der Waals surface area contributed by atoms with Crippen LogP contribution in [0.25, 0.3) is 0 Å². The molecule has 2 rings (SSSR count). The molecule has 1 saturated carbocycles. The Balaban J connectivity index is 1.75. The van der Waals surface area contributed by atoms with E-state index in [1.807, 2.05) is 0 Å². The van der Waals surface area contributed by atoms with Crippen LogP contribution in [0.5, 0.6) is 0 Å². The lowest BCUT2D eigenvalue weighted by atomic mass is 10.4. The molecular formula is C8H15N7. The van der Waals surface area contributed by atoms with Crippen LogP contribution in [0, 0.1) is 0 Å². The molecule has 0 aliphatic heterocycles. The number of rotatable bonds is 4. The zero-order valence-electron chi connectivity index (χ0n) is 8.40. The van der Waals surface area contributed by atoms with Gasteiger partial charge in [-0.15, -0.1) is 0 Å². The summed E-state index contributed by atoms with van der Waals surface area (Å²) in [4.78, 5) is 8.28. The van der Waals surface area contributed by atoms with Crippen molar-refractivity contribution in [3.05, 3.63) is 12.2 Å². The first-order valence-corrected chi connectivity index (χ1v) is 5.00. The van der Waals surface area contributed by atoms with Gasteiger partial charge in [-0.3, -0.25) is 15.5 Å². The molecule has 1 aromatic rings. The lowest BCUT2D eigenvalue weighted by molar-refractivity contribution is 0.805. The van der Waals surface area contributed by atoms with E-state index >= 15 is 0 Å². The maximum atomic E-state index is 5.33. The minimum Gasteiger partial charge on any atom is -0.353 e. The summed E-state index contributed by atoms with van der Waals surface area (Å²) in [6.45, 7) is 0.633. The second-order valence-electron chi connectivity index (χ2n) is 3.48. The summed E-state index contributed by atoms with van der Waals surface area (Å²) in [7, 11) is 0. The van der Waals surface area contributed by atoms with Gasteiger partial charge in [0.05, 0.1) is 0 Å². The second kappa shape index (κ2) is 4.74. The first-order valence-electron chi connectivity index (χ1n) is 5.00. The Morgan fingerprint density at radius 2 is 2.53 bits per heavy atom. The number of hydrogen-bond acceptors (Lipinski definition) is 4. The number of hydrazine groups is 1. The average molecular weight is 209 g/mol. The summed E-state index contributed by atoms with van der Waals surface area (Å²) in [5.41, 5.74) is 2.55. The maximum absolute atomic E-state index is 5.33. The van der Waals surface area contributed by atoms with Crippen LogP contribution < -0.4 is 16.6 Å². The van der Waals surface area contributed by atoms with E-state index in [2.05, 4.69) is 30.9 Å². The van der Waals surface area contributed by atoms with Gasteiger partial charge in [-0.2, -0.15) is 5.10 Å². The molecule has 1 aromatic heterocycles. The molecule has 5 N–H and O–H groups in total. The van der Waals surface area contributed by atoms with E-state index in [0.717, 1.165) is 12.2 Å². The molecule has 15 heavy (non-hydrogen) atoms. The van der Waals surface area contributed by atoms with Crippen molar-refractivity contribution < 1.29 is 0 Å². The summed E-state index contributed by atoms with van der Waals surface area (Å²) < 4.78 is 0. The first kappa shape index (κ1) is 9.91. The standard InChI is InChI=1S/C8H15N7/c9-14-8(13-6-1-2-6)10-4-3-7-11-5-12-15-7/h5-6H,1-4,9H2,(H2,10,13,14)(H,11,12,15). The van der Waals surface area contributed by atoms with E-state index in [9.17, 15) is 0 Å². The maximum Gasteiger partial charge on any atom is 0.205 e. The Kier molecular flexibility index (Phi) is 3.13. The third-order valence-corrected chi connectivity index (χ3v) is 2.14. The predicted octanol–water partition coefficient (Wildman–Crippen LogP) is -1.08. The fourth-order valence-electron chi connectivity index (χ4n) is 1.18. The normalized spacial score (nSPS) is 16.5. The molecule has 0 saturated heterocycles. The number of nitrogens with zero attached hydrogens (tertiary/aromatic N) is 3. The summed E-state index contributed by atoms with van der Waals surface area (Å²) in [6, 6.07) is 0.546. The molecule has 82 valence electrons. The number of H-pyrrole nitrogens is 1. The first-order chi connectivity index (χ1) is 7.38. The highest BCUT2D eigenvalue weighted by Gasteiger charge is 2.21. The Bertz CT molecular complexity index is 314. The molecule has 0 atom stereocenters. The lowest BCUT2D eigenvalue weighted by Crippen LogP contribution is -2.42. The van der Waals surface area contributed by atoms with E-state index < -0.39 is 0 Å². The molecule has 0 aromatic carbocycles. The van der Waals surface area contributed by atoms with Crippen LogP contribution in [0.3, 0.4) is 0 Å². The topological polar surface area (TPSA) is 104 Å². The van der Waals surface area contributed by atoms with Crippen LogP contribution in [0.1, 0.15) is 18.7 Å². The van der Waals surface area contributed by atoms with Gasteiger partial charge in [0, 0.05) is 19.0 Å². The number of nitrogens with two attached hydrogens (primary N) is 1. The van der Waals surface area contributed by atoms with Gasteiger partial charge in [0.25, 0.3) is 0 Å². The third kappa shape index (κ3) is 3.21. The summed E-state index contributed by atoms with van der Waals surface area (Å²) in [5, 5.41) is 9.73. The smallest absolute Gasteiger partial charge is 0.205 e. The third-order valence-electron chi connectivity index (χ3n) is 2.14. The molecule has 7 nitrogen and oxygen atoms in total. The van der Waals surface area contributed by atoms with E-state index in [0.29, 0.717) is 18.5 Å². The Morgan fingerprint density at radius 3 is 3.13 bits per heavy atom. The fourth-order valence-corrected chi connectivity index (χ4v) is 1.18. The number of guanidine groups is 1.